The number of benzene rings is 2. The van der Waals surface area contributed by atoms with Crippen molar-refractivity contribution in [3.05, 3.63) is 89.3 Å². The fourth-order valence-electron chi connectivity index (χ4n) is 6.17. The number of ketones is 1. The molecule has 0 unspecified atom stereocenters. The summed E-state index contributed by atoms with van der Waals surface area (Å²) in [7, 11) is 0. The van der Waals surface area contributed by atoms with Crippen molar-refractivity contribution in [3.63, 3.8) is 0 Å². The third-order valence-corrected chi connectivity index (χ3v) is 9.83. The summed E-state index contributed by atoms with van der Waals surface area (Å²) in [5.41, 5.74) is 6.25. The number of rotatable bonds is 11. The van der Waals surface area contributed by atoms with E-state index in [4.69, 9.17) is 4.98 Å². The van der Waals surface area contributed by atoms with Crippen LogP contribution in [-0.2, 0) is 36.7 Å². The van der Waals surface area contributed by atoms with Crippen molar-refractivity contribution in [1.29, 1.82) is 0 Å². The molecule has 0 atom stereocenters. The summed E-state index contributed by atoms with van der Waals surface area (Å²) in [6.45, 7) is 19.3. The molecule has 0 amide bonds. The monoisotopic (exact) mass is 855 g/mol. The Labute approximate surface area is 311 Å². The molecule has 0 bridgehead atoms. The van der Waals surface area contributed by atoms with Crippen LogP contribution in [-0.4, -0.2) is 25.8 Å². The van der Waals surface area contributed by atoms with Crippen LogP contribution < -0.4 is 0 Å². The van der Waals surface area contributed by atoms with Crippen LogP contribution in [0.25, 0.3) is 43.6 Å². The molecule has 2 aromatic carbocycles. The van der Waals surface area contributed by atoms with Gasteiger partial charge in [-0.15, -0.1) is 40.5 Å². The van der Waals surface area contributed by atoms with E-state index in [1.165, 1.54) is 28.0 Å². The Morgan fingerprint density at radius 3 is 2.16 bits per heavy atom. The van der Waals surface area contributed by atoms with Gasteiger partial charge in [-0.3, -0.25) is 9.78 Å². The third kappa shape index (κ3) is 10.2. The van der Waals surface area contributed by atoms with E-state index in [1.807, 2.05) is 33.8 Å². The van der Waals surface area contributed by atoms with Crippen molar-refractivity contribution >= 4 is 38.1 Å². The Balaban J connectivity index is 0.000000347. The molecule has 1 N–H and O–H groups in total. The first-order valence-corrected chi connectivity index (χ1v) is 18.4. The molecule has 7 heteroatoms. The zero-order valence-corrected chi connectivity index (χ0v) is 33.8. The average molecular weight is 855 g/mol. The number of nitrogens with zero attached hydrogens (tertiary/aromatic N) is 3. The molecule has 3 aromatic heterocycles. The van der Waals surface area contributed by atoms with E-state index in [1.54, 1.807) is 17.7 Å². The summed E-state index contributed by atoms with van der Waals surface area (Å²) >= 11 is 1.68. The number of fused-ring (bicyclic) bond motifs is 2. The SMILES string of the molecule is CC(C)Cc1cc(-c2cc(-c3[c-]c4ccccc4c(C(C)(C)C)c3)ncn2)nc2sccc12.CCC(CC)C(=O)/C=C(\O)C(CC)CC.[Ir]. The van der Waals surface area contributed by atoms with Crippen LogP contribution in [0, 0.1) is 23.8 Å². The summed E-state index contributed by atoms with van der Waals surface area (Å²) in [6, 6.07) is 20.7. The minimum absolute atomic E-state index is 0. The molecule has 0 saturated heterocycles. The Kier molecular flexibility index (Phi) is 14.9. The molecule has 5 rings (SSSR count). The molecule has 5 nitrogen and oxygen atoms in total. The maximum atomic E-state index is 11.7. The number of carbonyl (C=O) groups excluding carboxylic acids is 1. The van der Waals surface area contributed by atoms with Crippen molar-refractivity contribution in [2.75, 3.05) is 0 Å². The number of aromatic nitrogens is 3. The summed E-state index contributed by atoms with van der Waals surface area (Å²) < 4.78 is 0. The molecule has 0 spiro atoms. The summed E-state index contributed by atoms with van der Waals surface area (Å²) in [4.78, 5) is 26.9. The van der Waals surface area contributed by atoms with E-state index in [-0.39, 0.29) is 48.9 Å². The first kappa shape index (κ1) is 40.2. The molecule has 263 valence electrons. The zero-order chi connectivity index (χ0) is 35.0. The predicted octanol–water partition coefficient (Wildman–Crippen LogP) is 11.7. The fourth-order valence-corrected chi connectivity index (χ4v) is 6.98. The largest absolute Gasteiger partial charge is 0.512 e. The van der Waals surface area contributed by atoms with Crippen LogP contribution in [0.5, 0.6) is 0 Å². The maximum absolute atomic E-state index is 11.7. The van der Waals surface area contributed by atoms with Gasteiger partial charge in [-0.2, -0.15) is 0 Å². The minimum atomic E-state index is 0. The number of hydrogen-bond acceptors (Lipinski definition) is 6. The van der Waals surface area contributed by atoms with Crippen molar-refractivity contribution in [2.45, 2.75) is 99.8 Å². The van der Waals surface area contributed by atoms with Gasteiger partial charge in [0, 0.05) is 49.1 Å². The molecule has 0 aliphatic heterocycles. The van der Waals surface area contributed by atoms with Crippen LogP contribution in [0.3, 0.4) is 0 Å². The number of hydrogen-bond donors (Lipinski definition) is 1. The number of pyridine rings is 1. The second kappa shape index (κ2) is 18.1. The molecule has 0 saturated carbocycles. The number of carbonyl (C=O) groups is 1. The topological polar surface area (TPSA) is 76.0 Å². The number of aliphatic hydroxyl groups is 1. The van der Waals surface area contributed by atoms with Gasteiger partial charge in [0.1, 0.15) is 11.2 Å². The van der Waals surface area contributed by atoms with E-state index < -0.39 is 0 Å². The van der Waals surface area contributed by atoms with Gasteiger partial charge in [-0.25, -0.2) is 9.97 Å². The van der Waals surface area contributed by atoms with Gasteiger partial charge in [0.05, 0.1) is 17.1 Å². The second-order valence-corrected chi connectivity index (χ2v) is 15.0. The van der Waals surface area contributed by atoms with Gasteiger partial charge in [0.15, 0.2) is 5.78 Å². The first-order valence-electron chi connectivity index (χ1n) is 17.5. The predicted molar refractivity (Wildman–Crippen MR) is 204 cm³/mol. The molecule has 0 aliphatic rings. The molecule has 5 aromatic rings. The van der Waals surface area contributed by atoms with Crippen LogP contribution >= 0.6 is 11.3 Å². The Bertz CT molecular complexity index is 1860. The number of aliphatic hydroxyl groups excluding tert-OH is 1. The number of allylic oxidation sites excluding steroid dienone is 2. The summed E-state index contributed by atoms with van der Waals surface area (Å²) in [5.74, 6) is 1.12. The smallest absolute Gasteiger partial charge is 0.162 e. The van der Waals surface area contributed by atoms with Crippen molar-refractivity contribution in [2.24, 2.45) is 17.8 Å². The second-order valence-electron chi connectivity index (χ2n) is 14.1. The van der Waals surface area contributed by atoms with Crippen LogP contribution in [0.15, 0.2) is 72.1 Å². The van der Waals surface area contributed by atoms with Gasteiger partial charge >= 0.3 is 0 Å². The maximum Gasteiger partial charge on any atom is 0.162 e. The molecule has 0 aliphatic carbocycles. The number of thiophene rings is 1. The molecule has 3 heterocycles. The van der Waals surface area contributed by atoms with E-state index in [0.717, 1.165) is 65.0 Å². The minimum Gasteiger partial charge on any atom is -0.512 e. The Hall–Kier alpha value is -3.25. The Morgan fingerprint density at radius 1 is 0.878 bits per heavy atom. The standard InChI is InChI=1S/C29H28N3S.C13H24O2.Ir/c1-18(2)12-20-15-27(32-28-23(20)10-11-33-28)26-16-25(30-17-31-26)21-13-19-8-6-7-9-22(19)24(14-21)29(3,4)5;1-5-10(6-2)12(14)9-13(15)11(7-3)8-4;/h6-11,14-18H,12H2,1-5H3;9-11,14H,5-8H2,1-4H3;/q-1;;/b;12-9-;. The van der Waals surface area contributed by atoms with E-state index in [2.05, 4.69) is 98.5 Å². The van der Waals surface area contributed by atoms with Gasteiger partial charge < -0.3 is 5.11 Å². The van der Waals surface area contributed by atoms with E-state index in [9.17, 15) is 9.90 Å². The third-order valence-electron chi connectivity index (χ3n) is 9.02. The normalized spacial score (nSPS) is 12.0. The molecule has 49 heavy (non-hydrogen) atoms. The van der Waals surface area contributed by atoms with Crippen LogP contribution in [0.4, 0.5) is 0 Å². The molecule has 1 radical (unpaired) electrons. The molecular weight excluding hydrogens is 803 g/mol. The van der Waals surface area contributed by atoms with E-state index >= 15 is 0 Å². The van der Waals surface area contributed by atoms with Crippen molar-refractivity contribution in [1.82, 2.24) is 15.0 Å². The Morgan fingerprint density at radius 2 is 1.53 bits per heavy atom. The van der Waals surface area contributed by atoms with Gasteiger partial charge in [-0.1, -0.05) is 91.5 Å². The molecular formula is C42H52IrN3O2S-. The zero-order valence-electron chi connectivity index (χ0n) is 30.6. The van der Waals surface area contributed by atoms with Crippen LogP contribution in [0.1, 0.15) is 99.1 Å². The van der Waals surface area contributed by atoms with Crippen molar-refractivity contribution in [3.8, 4) is 22.6 Å². The average Bonchev–Trinajstić information content (AvgIpc) is 3.54. The summed E-state index contributed by atoms with van der Waals surface area (Å²) in [5, 5.41) is 15.5. The van der Waals surface area contributed by atoms with E-state index in [0.29, 0.717) is 5.92 Å². The first-order chi connectivity index (χ1) is 22.9. The van der Waals surface area contributed by atoms with Crippen molar-refractivity contribution < 1.29 is 30.0 Å². The van der Waals surface area contributed by atoms with Gasteiger partial charge in [-0.05, 0) is 72.6 Å². The van der Waals surface area contributed by atoms with Crippen LogP contribution in [0.2, 0.25) is 0 Å². The van der Waals surface area contributed by atoms with Gasteiger partial charge in [0.2, 0.25) is 0 Å². The summed E-state index contributed by atoms with van der Waals surface area (Å²) in [6.07, 6.45) is 7.57. The fraction of sp³-hybridized carbons (Fsp3) is 0.429. The quantitative estimate of drug-likeness (QED) is 0.0814. The van der Waals surface area contributed by atoms with Gasteiger partial charge in [0.25, 0.3) is 0 Å². The molecule has 0 fully saturated rings.